The Kier molecular flexibility index (Phi) is 5.68. The molecule has 2 aromatic rings. The van der Waals surface area contributed by atoms with Crippen molar-refractivity contribution in [1.82, 2.24) is 5.32 Å². The Bertz CT molecular complexity index is 726. The molecule has 1 aliphatic rings. The molecule has 132 valence electrons. The molecule has 2 aromatic carbocycles. The Morgan fingerprint density at radius 2 is 2.12 bits per heavy atom. The molecule has 0 bridgehead atoms. The second kappa shape index (κ2) is 8.14. The number of phenolic OH excluding ortho intramolecular Hbond substituents is 1. The third-order valence-electron chi connectivity index (χ3n) is 4.40. The monoisotopic (exact) mass is 340 g/mol. The summed E-state index contributed by atoms with van der Waals surface area (Å²) >= 11 is 0. The number of benzene rings is 2. The van der Waals surface area contributed by atoms with Crippen LogP contribution in [0.1, 0.15) is 36.9 Å². The first-order chi connectivity index (χ1) is 12.1. The van der Waals surface area contributed by atoms with Crippen molar-refractivity contribution in [2.45, 2.75) is 38.5 Å². The number of hydrogen-bond donors (Lipinski definition) is 3. The molecule has 0 spiro atoms. The minimum Gasteiger partial charge on any atom is -0.508 e. The Morgan fingerprint density at radius 3 is 2.88 bits per heavy atom. The van der Waals surface area contributed by atoms with Gasteiger partial charge >= 0.3 is 0 Å². The van der Waals surface area contributed by atoms with E-state index < -0.39 is 0 Å². The second-order valence-corrected chi connectivity index (χ2v) is 6.39. The van der Waals surface area contributed by atoms with Crippen LogP contribution in [0, 0.1) is 0 Å². The largest absolute Gasteiger partial charge is 0.508 e. The molecule has 1 heterocycles. The first-order valence-corrected chi connectivity index (χ1v) is 8.65. The fraction of sp³-hybridized carbons (Fsp3) is 0.350. The minimum atomic E-state index is -0.326. The molecule has 2 unspecified atom stereocenters. The molecule has 25 heavy (non-hydrogen) atoms. The van der Waals surface area contributed by atoms with Crippen LogP contribution in [-0.4, -0.2) is 23.7 Å². The topological polar surface area (TPSA) is 70.6 Å². The maximum atomic E-state index is 12.1. The van der Waals surface area contributed by atoms with Gasteiger partial charge in [-0.3, -0.25) is 4.79 Å². The highest BCUT2D eigenvalue weighted by atomic mass is 16.5. The molecular formula is C20H24N2O3. The number of phenols is 1. The third-order valence-corrected chi connectivity index (χ3v) is 4.40. The van der Waals surface area contributed by atoms with Crippen LogP contribution in [0.2, 0.25) is 0 Å². The van der Waals surface area contributed by atoms with Crippen molar-refractivity contribution in [3.63, 3.8) is 0 Å². The quantitative estimate of drug-likeness (QED) is 0.754. The van der Waals surface area contributed by atoms with Crippen molar-refractivity contribution in [1.29, 1.82) is 0 Å². The highest BCUT2D eigenvalue weighted by Crippen LogP contribution is 2.19. The highest BCUT2D eigenvalue weighted by Gasteiger charge is 2.23. The van der Waals surface area contributed by atoms with Gasteiger partial charge in [-0.15, -0.1) is 0 Å². The van der Waals surface area contributed by atoms with Gasteiger partial charge in [-0.05, 0) is 55.2 Å². The van der Waals surface area contributed by atoms with E-state index in [2.05, 4.69) is 17.6 Å². The van der Waals surface area contributed by atoms with Gasteiger partial charge in [-0.2, -0.15) is 0 Å². The zero-order valence-corrected chi connectivity index (χ0v) is 14.4. The van der Waals surface area contributed by atoms with Crippen molar-refractivity contribution < 1.29 is 14.6 Å². The van der Waals surface area contributed by atoms with Crippen LogP contribution in [0.4, 0.5) is 5.69 Å². The number of ether oxygens (including phenoxy) is 1. The van der Waals surface area contributed by atoms with Crippen LogP contribution in [-0.2, 0) is 16.1 Å². The summed E-state index contributed by atoms with van der Waals surface area (Å²) in [5.74, 6) is 0.195. The molecule has 3 rings (SSSR count). The predicted molar refractivity (Wildman–Crippen MR) is 97.4 cm³/mol. The number of carbonyl (C=O) groups is 1. The van der Waals surface area contributed by atoms with Crippen LogP contribution in [0.3, 0.4) is 0 Å². The van der Waals surface area contributed by atoms with E-state index in [0.29, 0.717) is 13.2 Å². The van der Waals surface area contributed by atoms with Gasteiger partial charge in [-0.25, -0.2) is 0 Å². The van der Waals surface area contributed by atoms with Gasteiger partial charge in [-0.1, -0.05) is 24.3 Å². The summed E-state index contributed by atoms with van der Waals surface area (Å²) in [4.78, 5) is 12.1. The summed E-state index contributed by atoms with van der Waals surface area (Å²) in [6.45, 7) is 3.38. The average Bonchev–Trinajstić information content (AvgIpc) is 3.15. The van der Waals surface area contributed by atoms with Crippen LogP contribution < -0.4 is 10.6 Å². The van der Waals surface area contributed by atoms with Gasteiger partial charge < -0.3 is 20.5 Å². The van der Waals surface area contributed by atoms with Crippen molar-refractivity contribution in [2.24, 2.45) is 0 Å². The lowest BCUT2D eigenvalue weighted by Gasteiger charge is -2.15. The summed E-state index contributed by atoms with van der Waals surface area (Å²) in [6.07, 6.45) is 1.40. The zero-order valence-electron chi connectivity index (χ0n) is 14.4. The minimum absolute atomic E-state index is 0.0734. The van der Waals surface area contributed by atoms with E-state index in [1.54, 1.807) is 12.1 Å². The molecule has 1 saturated heterocycles. The van der Waals surface area contributed by atoms with Crippen molar-refractivity contribution in [3.05, 3.63) is 59.7 Å². The van der Waals surface area contributed by atoms with E-state index in [4.69, 9.17) is 4.74 Å². The summed E-state index contributed by atoms with van der Waals surface area (Å²) in [6, 6.07) is 15.2. The van der Waals surface area contributed by atoms with Crippen molar-refractivity contribution in [3.8, 4) is 5.75 Å². The molecule has 1 fully saturated rings. The van der Waals surface area contributed by atoms with Gasteiger partial charge in [0, 0.05) is 24.9 Å². The Labute approximate surface area is 148 Å². The van der Waals surface area contributed by atoms with Gasteiger partial charge in [0.25, 0.3) is 5.91 Å². The predicted octanol–water partition coefficient (Wildman–Crippen LogP) is 3.36. The Balaban J connectivity index is 1.57. The van der Waals surface area contributed by atoms with E-state index in [1.165, 1.54) is 0 Å². The van der Waals surface area contributed by atoms with E-state index in [0.717, 1.165) is 29.7 Å². The zero-order chi connectivity index (χ0) is 17.6. The lowest BCUT2D eigenvalue weighted by molar-refractivity contribution is -0.124. The molecule has 0 aromatic heterocycles. The van der Waals surface area contributed by atoms with Crippen LogP contribution in [0.15, 0.2) is 48.5 Å². The molecule has 1 amide bonds. The normalized spacial score (nSPS) is 18.0. The number of rotatable bonds is 6. The highest BCUT2D eigenvalue weighted by molar-refractivity contribution is 5.94. The number of amides is 1. The van der Waals surface area contributed by atoms with E-state index >= 15 is 0 Å². The molecule has 5 heteroatoms. The van der Waals surface area contributed by atoms with E-state index in [-0.39, 0.29) is 23.8 Å². The lowest BCUT2D eigenvalue weighted by Crippen LogP contribution is -2.27. The van der Waals surface area contributed by atoms with Gasteiger partial charge in [0.05, 0.1) is 0 Å². The van der Waals surface area contributed by atoms with Crippen LogP contribution in [0.25, 0.3) is 0 Å². The van der Waals surface area contributed by atoms with Crippen molar-refractivity contribution >= 4 is 11.6 Å². The molecule has 0 saturated carbocycles. The summed E-state index contributed by atoms with van der Waals surface area (Å²) in [5.41, 5.74) is 2.89. The summed E-state index contributed by atoms with van der Waals surface area (Å²) in [7, 11) is 0. The maximum absolute atomic E-state index is 12.1. The van der Waals surface area contributed by atoms with Crippen molar-refractivity contribution in [2.75, 3.05) is 11.9 Å². The Hall–Kier alpha value is -2.37. The molecule has 2 atom stereocenters. The Morgan fingerprint density at radius 1 is 1.28 bits per heavy atom. The number of anilines is 1. The van der Waals surface area contributed by atoms with E-state index in [1.807, 2.05) is 36.4 Å². The molecular weight excluding hydrogens is 316 g/mol. The standard InChI is InChI=1S/C20H24N2O3/c1-14(16-6-3-8-18(23)12-16)21-13-15-5-2-7-17(11-15)22-20(24)19-9-4-10-25-19/h2-3,5-8,11-12,14,19,21,23H,4,9-10,13H2,1H3,(H,22,24). The number of carbonyl (C=O) groups excluding carboxylic acids is 1. The van der Waals surface area contributed by atoms with Gasteiger partial charge in [0.2, 0.25) is 0 Å². The fourth-order valence-corrected chi connectivity index (χ4v) is 2.95. The molecule has 5 nitrogen and oxygen atoms in total. The molecule has 1 aliphatic heterocycles. The molecule has 3 N–H and O–H groups in total. The lowest BCUT2D eigenvalue weighted by atomic mass is 10.1. The van der Waals surface area contributed by atoms with Crippen LogP contribution >= 0.6 is 0 Å². The van der Waals surface area contributed by atoms with Gasteiger partial charge in [0.15, 0.2) is 0 Å². The number of hydrogen-bond acceptors (Lipinski definition) is 4. The first kappa shape index (κ1) is 17.5. The number of aromatic hydroxyl groups is 1. The first-order valence-electron chi connectivity index (χ1n) is 8.65. The van der Waals surface area contributed by atoms with Crippen LogP contribution in [0.5, 0.6) is 5.75 Å². The average molecular weight is 340 g/mol. The summed E-state index contributed by atoms with van der Waals surface area (Å²) in [5, 5.41) is 15.9. The smallest absolute Gasteiger partial charge is 0.253 e. The van der Waals surface area contributed by atoms with E-state index in [9.17, 15) is 9.90 Å². The van der Waals surface area contributed by atoms with Gasteiger partial charge in [0.1, 0.15) is 11.9 Å². The number of nitrogens with one attached hydrogen (secondary N) is 2. The molecule has 0 radical (unpaired) electrons. The second-order valence-electron chi connectivity index (χ2n) is 6.39. The third kappa shape index (κ3) is 4.81. The summed E-state index contributed by atoms with van der Waals surface area (Å²) < 4.78 is 5.41. The maximum Gasteiger partial charge on any atom is 0.253 e. The fourth-order valence-electron chi connectivity index (χ4n) is 2.95. The molecule has 0 aliphatic carbocycles. The SMILES string of the molecule is CC(NCc1cccc(NC(=O)C2CCCO2)c1)c1cccc(O)c1.